The first-order valence-corrected chi connectivity index (χ1v) is 5.48. The maximum atomic E-state index is 10.0. The van der Waals surface area contributed by atoms with E-state index in [4.69, 9.17) is 10.8 Å². The molecule has 2 saturated heterocycles. The van der Waals surface area contributed by atoms with Crippen LogP contribution in [0.15, 0.2) is 0 Å². The number of carbonyl (C=O) groups excluding carboxylic acids is 1. The molecule has 5 nitrogen and oxygen atoms in total. The van der Waals surface area contributed by atoms with Gasteiger partial charge in [-0.15, -0.1) is 0 Å². The lowest BCUT2D eigenvalue weighted by Crippen LogP contribution is -2.13. The molecule has 1 amide bonds. The lowest BCUT2D eigenvalue weighted by atomic mass is 10.2. The molecule has 3 N–H and O–H groups in total. The van der Waals surface area contributed by atoms with Crippen molar-refractivity contribution < 1.29 is 14.6 Å². The second-order valence-electron chi connectivity index (χ2n) is 4.07. The van der Waals surface area contributed by atoms with Crippen molar-refractivity contribution in [3.63, 3.8) is 0 Å². The molecule has 0 atom stereocenters. The Kier molecular flexibility index (Phi) is 4.35. The van der Waals surface area contributed by atoms with E-state index in [2.05, 4.69) is 11.7 Å². The Hall–Kier alpha value is -0.810. The minimum atomic E-state index is -0.670. The van der Waals surface area contributed by atoms with Gasteiger partial charge >= 0.3 is 6.09 Å². The number of rotatable bonds is 5. The number of carbonyl (C=O) groups is 1. The van der Waals surface area contributed by atoms with Crippen molar-refractivity contribution in [2.75, 3.05) is 19.7 Å². The summed E-state index contributed by atoms with van der Waals surface area (Å²) >= 11 is 0. The molecular weight excluding hydrogens is 196 g/mol. The lowest BCUT2D eigenvalue weighted by molar-refractivity contribution is 0.154. The van der Waals surface area contributed by atoms with Gasteiger partial charge in [0.05, 0.1) is 6.61 Å². The number of aliphatic hydroxyl groups is 1. The number of hydrogen-bond acceptors (Lipinski definition) is 4. The van der Waals surface area contributed by atoms with Crippen LogP contribution >= 0.6 is 0 Å². The Morgan fingerprint density at radius 3 is 2.33 bits per heavy atom. The normalized spacial score (nSPS) is 29.6. The van der Waals surface area contributed by atoms with Crippen LogP contribution in [0.5, 0.6) is 0 Å². The van der Waals surface area contributed by atoms with Gasteiger partial charge in [-0.05, 0) is 6.42 Å². The topological polar surface area (TPSA) is 75.6 Å². The van der Waals surface area contributed by atoms with Crippen LogP contribution in [0.2, 0.25) is 0 Å². The van der Waals surface area contributed by atoms with E-state index in [0.717, 1.165) is 25.9 Å². The molecule has 2 fully saturated rings. The van der Waals surface area contributed by atoms with Crippen LogP contribution in [0.4, 0.5) is 4.79 Å². The fourth-order valence-electron chi connectivity index (χ4n) is 1.20. The van der Waals surface area contributed by atoms with Crippen molar-refractivity contribution in [2.24, 2.45) is 5.73 Å². The fourth-order valence-corrected chi connectivity index (χ4v) is 1.20. The number of ether oxygens (including phenoxy) is 1. The van der Waals surface area contributed by atoms with E-state index in [1.807, 2.05) is 4.90 Å². The average Bonchev–Trinajstić information content (AvgIpc) is 2.94. The minimum absolute atomic E-state index is 0.250. The third kappa shape index (κ3) is 4.99. The van der Waals surface area contributed by atoms with Crippen molar-refractivity contribution in [2.45, 2.75) is 38.3 Å². The fraction of sp³-hybridized carbons (Fsp3) is 0.900. The van der Waals surface area contributed by atoms with E-state index < -0.39 is 6.09 Å². The quantitative estimate of drug-likeness (QED) is 0.523. The van der Waals surface area contributed by atoms with Gasteiger partial charge in [0.15, 0.2) is 0 Å². The van der Waals surface area contributed by atoms with E-state index in [-0.39, 0.29) is 5.72 Å². The zero-order valence-electron chi connectivity index (χ0n) is 9.24. The molecule has 0 unspecified atom stereocenters. The highest BCUT2D eigenvalue weighted by molar-refractivity contribution is 5.64. The molecule has 2 aliphatic rings. The Balaban J connectivity index is 0.000000180. The number of amides is 1. The van der Waals surface area contributed by atoms with E-state index in [1.54, 1.807) is 0 Å². The predicted octanol–water partition coefficient (Wildman–Crippen LogP) is 0.666. The summed E-state index contributed by atoms with van der Waals surface area (Å²) in [5.74, 6) is 0. The van der Waals surface area contributed by atoms with Crippen molar-refractivity contribution in [3.8, 4) is 0 Å². The number of fused-ring (bicyclic) bond motifs is 1. The van der Waals surface area contributed by atoms with E-state index in [0.29, 0.717) is 6.61 Å². The summed E-state index contributed by atoms with van der Waals surface area (Å²) in [7, 11) is 0. The Morgan fingerprint density at radius 1 is 1.47 bits per heavy atom. The standard InChI is InChI=1S/C7H15NO2.C3H5NO/c1-2-3-4-5-6-10-7(8)9;5-3-1-4(3)2-3/h2-6H2,1H3,(H2,8,9);5H,1-2H2. The zero-order valence-corrected chi connectivity index (χ0v) is 9.24. The molecule has 88 valence electrons. The predicted molar refractivity (Wildman–Crippen MR) is 56.2 cm³/mol. The van der Waals surface area contributed by atoms with Crippen molar-refractivity contribution in [1.29, 1.82) is 0 Å². The molecule has 5 heteroatoms. The molecule has 2 heterocycles. The van der Waals surface area contributed by atoms with Crippen LogP contribution in [0, 0.1) is 0 Å². The summed E-state index contributed by atoms with van der Waals surface area (Å²) in [5, 5.41) is 8.63. The monoisotopic (exact) mass is 216 g/mol. The number of hydrogen-bond donors (Lipinski definition) is 2. The number of nitrogens with zero attached hydrogens (tertiary/aromatic N) is 1. The van der Waals surface area contributed by atoms with Gasteiger partial charge in [0, 0.05) is 13.1 Å². The average molecular weight is 216 g/mol. The van der Waals surface area contributed by atoms with Crippen LogP contribution < -0.4 is 5.73 Å². The van der Waals surface area contributed by atoms with Gasteiger partial charge in [-0.1, -0.05) is 26.2 Å². The van der Waals surface area contributed by atoms with Crippen molar-refractivity contribution in [1.82, 2.24) is 4.90 Å². The van der Waals surface area contributed by atoms with Gasteiger partial charge in [-0.3, -0.25) is 4.90 Å². The summed E-state index contributed by atoms with van der Waals surface area (Å²) in [6, 6.07) is 0. The van der Waals surface area contributed by atoms with Crippen LogP contribution in [0.25, 0.3) is 0 Å². The molecule has 0 radical (unpaired) electrons. The molecule has 0 aromatic carbocycles. The van der Waals surface area contributed by atoms with E-state index >= 15 is 0 Å². The summed E-state index contributed by atoms with van der Waals surface area (Å²) in [6.45, 7) is 4.48. The molecule has 0 saturated carbocycles. The summed E-state index contributed by atoms with van der Waals surface area (Å²) in [5.41, 5.74) is 4.50. The van der Waals surface area contributed by atoms with Crippen LogP contribution in [-0.2, 0) is 4.74 Å². The maximum Gasteiger partial charge on any atom is 0.404 e. The third-order valence-electron chi connectivity index (χ3n) is 2.51. The summed E-state index contributed by atoms with van der Waals surface area (Å²) in [6.07, 6.45) is 3.76. The lowest BCUT2D eigenvalue weighted by Gasteiger charge is -1.99. The minimum Gasteiger partial charge on any atom is -0.450 e. The van der Waals surface area contributed by atoms with Gasteiger partial charge in [0.25, 0.3) is 0 Å². The SMILES string of the molecule is CCCCCCOC(N)=O.OC12CN1C2. The molecule has 15 heavy (non-hydrogen) atoms. The first-order valence-electron chi connectivity index (χ1n) is 5.48. The smallest absolute Gasteiger partial charge is 0.404 e. The van der Waals surface area contributed by atoms with Crippen molar-refractivity contribution in [3.05, 3.63) is 0 Å². The molecule has 2 aliphatic heterocycles. The highest BCUT2D eigenvalue weighted by Gasteiger charge is 2.67. The highest BCUT2D eigenvalue weighted by atomic mass is 16.5. The Bertz CT molecular complexity index is 215. The number of unbranched alkanes of at least 4 members (excludes halogenated alkanes) is 3. The summed E-state index contributed by atoms with van der Waals surface area (Å²) < 4.78 is 4.53. The maximum absolute atomic E-state index is 10.0. The second kappa shape index (κ2) is 5.32. The number of nitrogens with two attached hydrogens (primary N) is 1. The molecular formula is C10H20N2O3. The molecule has 0 aromatic heterocycles. The van der Waals surface area contributed by atoms with Gasteiger partial charge < -0.3 is 15.6 Å². The number of primary amides is 1. The van der Waals surface area contributed by atoms with Gasteiger partial charge in [-0.25, -0.2) is 4.79 Å². The largest absolute Gasteiger partial charge is 0.450 e. The van der Waals surface area contributed by atoms with Gasteiger partial charge in [0.1, 0.15) is 5.72 Å². The van der Waals surface area contributed by atoms with Crippen molar-refractivity contribution >= 4 is 6.09 Å². The third-order valence-corrected chi connectivity index (χ3v) is 2.51. The van der Waals surface area contributed by atoms with E-state index in [9.17, 15) is 4.79 Å². The van der Waals surface area contributed by atoms with E-state index in [1.165, 1.54) is 12.8 Å². The Labute approximate surface area is 90.2 Å². The second-order valence-corrected chi connectivity index (χ2v) is 4.07. The molecule has 2 rings (SSSR count). The first kappa shape index (κ1) is 12.3. The molecule has 0 spiro atoms. The van der Waals surface area contributed by atoms with Crippen LogP contribution in [0.1, 0.15) is 32.6 Å². The van der Waals surface area contributed by atoms with Crippen LogP contribution in [-0.4, -0.2) is 41.5 Å². The summed E-state index contributed by atoms with van der Waals surface area (Å²) in [4.78, 5) is 12.0. The molecule has 0 bridgehead atoms. The highest BCUT2D eigenvalue weighted by Crippen LogP contribution is 2.45. The van der Waals surface area contributed by atoms with Gasteiger partial charge in [0.2, 0.25) is 0 Å². The zero-order chi connectivity index (χ0) is 11.3. The molecule has 0 aromatic rings. The molecule has 0 aliphatic carbocycles. The Morgan fingerprint density at radius 2 is 2.00 bits per heavy atom. The first-order chi connectivity index (χ1) is 7.08. The van der Waals surface area contributed by atoms with Gasteiger partial charge in [-0.2, -0.15) is 0 Å². The van der Waals surface area contributed by atoms with Crippen LogP contribution in [0.3, 0.4) is 0 Å².